The van der Waals surface area contributed by atoms with Crippen molar-refractivity contribution in [1.82, 2.24) is 29.1 Å². The largest absolute Gasteiger partial charge is 0.433 e. The summed E-state index contributed by atoms with van der Waals surface area (Å²) >= 11 is 0. The molecule has 4 aromatic heterocycles. The molecule has 0 unspecified atom stereocenters. The van der Waals surface area contributed by atoms with Crippen molar-refractivity contribution in [2.75, 3.05) is 0 Å². The lowest BCUT2D eigenvalue weighted by molar-refractivity contribution is -0.141. The average molecular weight is 386 g/mol. The van der Waals surface area contributed by atoms with Crippen LogP contribution in [0.25, 0.3) is 22.6 Å². The molecule has 0 atom stereocenters. The van der Waals surface area contributed by atoms with E-state index >= 15 is 0 Å². The van der Waals surface area contributed by atoms with Crippen LogP contribution in [0.1, 0.15) is 24.9 Å². The molecule has 4 aromatic rings. The maximum atomic E-state index is 13.0. The minimum atomic E-state index is -4.50. The zero-order chi connectivity index (χ0) is 19.7. The van der Waals surface area contributed by atoms with Crippen LogP contribution < -0.4 is 0 Å². The smallest absolute Gasteiger partial charge is 0.326 e. The van der Waals surface area contributed by atoms with Crippen LogP contribution in [-0.2, 0) is 19.3 Å². The normalized spacial score (nSPS) is 12.0. The maximum absolute atomic E-state index is 13.0. The molecule has 0 spiro atoms. The number of aryl methyl sites for hydroxylation is 1. The van der Waals surface area contributed by atoms with Crippen molar-refractivity contribution in [2.45, 2.75) is 32.6 Å². The van der Waals surface area contributed by atoms with E-state index in [2.05, 4.69) is 31.4 Å². The third-order valence-corrected chi connectivity index (χ3v) is 4.37. The van der Waals surface area contributed by atoms with Crippen molar-refractivity contribution in [3.63, 3.8) is 0 Å². The van der Waals surface area contributed by atoms with E-state index in [0.717, 1.165) is 35.9 Å². The number of pyridine rings is 2. The standard InChI is InChI=1S/C19H17F3N6/c1-2-9-28-15-6-7-23-11-14(15)26-17(28)12-27-10-8-24-18(27)13-4-3-5-16(25-13)19(20,21)22/h3-8,10-11H,2,9,12H2,1H3. The first-order valence-electron chi connectivity index (χ1n) is 8.82. The van der Waals surface area contributed by atoms with Gasteiger partial charge in [-0.2, -0.15) is 13.2 Å². The summed E-state index contributed by atoms with van der Waals surface area (Å²) in [5.74, 6) is 1.15. The van der Waals surface area contributed by atoms with Crippen LogP contribution in [0.15, 0.2) is 49.1 Å². The fourth-order valence-corrected chi connectivity index (χ4v) is 3.16. The van der Waals surface area contributed by atoms with E-state index in [-0.39, 0.29) is 5.69 Å². The molecule has 0 aliphatic carbocycles. The average Bonchev–Trinajstić information content (AvgIpc) is 3.27. The van der Waals surface area contributed by atoms with Crippen molar-refractivity contribution in [1.29, 1.82) is 0 Å². The number of hydrogen-bond acceptors (Lipinski definition) is 4. The van der Waals surface area contributed by atoms with Gasteiger partial charge in [0.05, 0.1) is 18.3 Å². The van der Waals surface area contributed by atoms with E-state index in [1.54, 1.807) is 29.4 Å². The lowest BCUT2D eigenvalue weighted by Crippen LogP contribution is -2.11. The molecular weight excluding hydrogens is 369 g/mol. The molecule has 0 aliphatic rings. The summed E-state index contributed by atoms with van der Waals surface area (Å²) < 4.78 is 42.9. The second-order valence-electron chi connectivity index (χ2n) is 6.33. The molecule has 0 N–H and O–H groups in total. The summed E-state index contributed by atoms with van der Waals surface area (Å²) in [4.78, 5) is 16.7. The van der Waals surface area contributed by atoms with E-state index < -0.39 is 11.9 Å². The van der Waals surface area contributed by atoms with Crippen molar-refractivity contribution in [3.8, 4) is 11.5 Å². The monoisotopic (exact) mass is 386 g/mol. The fraction of sp³-hybridized carbons (Fsp3) is 0.263. The Kier molecular flexibility index (Phi) is 4.58. The minimum Gasteiger partial charge on any atom is -0.326 e. The molecule has 0 radical (unpaired) electrons. The van der Waals surface area contributed by atoms with Crippen LogP contribution in [-0.4, -0.2) is 29.1 Å². The predicted molar refractivity (Wildman–Crippen MR) is 97.4 cm³/mol. The second kappa shape index (κ2) is 7.06. The molecule has 28 heavy (non-hydrogen) atoms. The molecule has 0 saturated heterocycles. The third kappa shape index (κ3) is 3.35. The molecule has 9 heteroatoms. The molecule has 0 bridgehead atoms. The first-order valence-corrected chi connectivity index (χ1v) is 8.82. The highest BCUT2D eigenvalue weighted by atomic mass is 19.4. The number of imidazole rings is 2. The molecule has 4 rings (SSSR count). The maximum Gasteiger partial charge on any atom is 0.433 e. The van der Waals surface area contributed by atoms with Crippen molar-refractivity contribution < 1.29 is 13.2 Å². The molecule has 0 aliphatic heterocycles. The second-order valence-corrected chi connectivity index (χ2v) is 6.33. The summed E-state index contributed by atoms with van der Waals surface area (Å²) in [6.45, 7) is 3.22. The molecule has 6 nitrogen and oxygen atoms in total. The van der Waals surface area contributed by atoms with Gasteiger partial charge in [-0.1, -0.05) is 13.0 Å². The quantitative estimate of drug-likeness (QED) is 0.517. The van der Waals surface area contributed by atoms with Gasteiger partial charge < -0.3 is 9.13 Å². The van der Waals surface area contributed by atoms with Crippen LogP contribution in [0.3, 0.4) is 0 Å². The van der Waals surface area contributed by atoms with Crippen LogP contribution in [0, 0.1) is 0 Å². The van der Waals surface area contributed by atoms with E-state index in [1.807, 2.05) is 6.07 Å². The molecule has 0 saturated carbocycles. The number of alkyl halides is 3. The van der Waals surface area contributed by atoms with Crippen LogP contribution in [0.5, 0.6) is 0 Å². The Morgan fingerprint density at radius 1 is 1.07 bits per heavy atom. The Bertz CT molecular complexity index is 1110. The van der Waals surface area contributed by atoms with Gasteiger partial charge in [-0.15, -0.1) is 0 Å². The number of hydrogen-bond donors (Lipinski definition) is 0. The minimum absolute atomic E-state index is 0.166. The van der Waals surface area contributed by atoms with Crippen LogP contribution >= 0.6 is 0 Å². The van der Waals surface area contributed by atoms with Crippen molar-refractivity contribution in [2.24, 2.45) is 0 Å². The van der Waals surface area contributed by atoms with Gasteiger partial charge in [-0.3, -0.25) is 4.98 Å². The highest BCUT2D eigenvalue weighted by Gasteiger charge is 2.32. The van der Waals surface area contributed by atoms with Gasteiger partial charge in [-0.05, 0) is 24.6 Å². The molecule has 4 heterocycles. The number of rotatable bonds is 5. The summed E-state index contributed by atoms with van der Waals surface area (Å²) in [6.07, 6.45) is 3.10. The lowest BCUT2D eigenvalue weighted by atomic mass is 10.3. The highest BCUT2D eigenvalue weighted by molar-refractivity contribution is 5.74. The Morgan fingerprint density at radius 3 is 2.71 bits per heavy atom. The van der Waals surface area contributed by atoms with Gasteiger partial charge in [0.25, 0.3) is 0 Å². The lowest BCUT2D eigenvalue weighted by Gasteiger charge is -2.11. The van der Waals surface area contributed by atoms with Crippen molar-refractivity contribution >= 4 is 11.0 Å². The zero-order valence-electron chi connectivity index (χ0n) is 15.1. The number of nitrogens with zero attached hydrogens (tertiary/aromatic N) is 6. The van der Waals surface area contributed by atoms with E-state index in [0.29, 0.717) is 12.4 Å². The van der Waals surface area contributed by atoms with Gasteiger partial charge in [0.1, 0.15) is 22.7 Å². The van der Waals surface area contributed by atoms with Gasteiger partial charge in [0.15, 0.2) is 5.82 Å². The van der Waals surface area contributed by atoms with Crippen LogP contribution in [0.4, 0.5) is 13.2 Å². The Balaban J connectivity index is 1.74. The SMILES string of the molecule is CCCn1c(Cn2ccnc2-c2cccc(C(F)(F)F)n2)nc2cnccc21. The Morgan fingerprint density at radius 2 is 1.93 bits per heavy atom. The number of fused-ring (bicyclic) bond motifs is 1. The number of aromatic nitrogens is 6. The summed E-state index contributed by atoms with van der Waals surface area (Å²) in [5.41, 5.74) is 0.985. The van der Waals surface area contributed by atoms with E-state index in [4.69, 9.17) is 0 Å². The summed E-state index contributed by atoms with van der Waals surface area (Å²) in [6, 6.07) is 5.71. The Hall–Kier alpha value is -3.23. The molecule has 0 amide bonds. The topological polar surface area (TPSA) is 61.4 Å². The Labute approximate surface area is 158 Å². The highest BCUT2D eigenvalue weighted by Crippen LogP contribution is 2.29. The van der Waals surface area contributed by atoms with Crippen LogP contribution in [0.2, 0.25) is 0 Å². The molecule has 144 valence electrons. The summed E-state index contributed by atoms with van der Waals surface area (Å²) in [7, 11) is 0. The van der Waals surface area contributed by atoms with E-state index in [9.17, 15) is 13.2 Å². The first-order chi connectivity index (χ1) is 13.5. The van der Waals surface area contributed by atoms with Crippen molar-refractivity contribution in [3.05, 3.63) is 60.6 Å². The number of halogens is 3. The molecule has 0 aromatic carbocycles. The third-order valence-electron chi connectivity index (χ3n) is 4.37. The van der Waals surface area contributed by atoms with E-state index in [1.165, 1.54) is 12.1 Å². The first kappa shape index (κ1) is 18.1. The summed E-state index contributed by atoms with van der Waals surface area (Å²) in [5, 5.41) is 0. The molecular formula is C19H17F3N6. The van der Waals surface area contributed by atoms with Gasteiger partial charge in [0.2, 0.25) is 0 Å². The van der Waals surface area contributed by atoms with Gasteiger partial charge >= 0.3 is 6.18 Å². The van der Waals surface area contributed by atoms with Gasteiger partial charge in [-0.25, -0.2) is 15.0 Å². The van der Waals surface area contributed by atoms with Gasteiger partial charge in [0, 0.05) is 25.1 Å². The fourth-order valence-electron chi connectivity index (χ4n) is 3.16. The molecule has 0 fully saturated rings. The zero-order valence-corrected chi connectivity index (χ0v) is 15.1. The predicted octanol–water partition coefficient (Wildman–Crippen LogP) is 4.17.